The maximum Gasteiger partial charge on any atom is 0.227 e. The van der Waals surface area contributed by atoms with Crippen molar-refractivity contribution in [2.24, 2.45) is 5.92 Å². The molecule has 1 saturated heterocycles. The van der Waals surface area contributed by atoms with Crippen molar-refractivity contribution in [2.75, 3.05) is 26.7 Å². The van der Waals surface area contributed by atoms with Crippen molar-refractivity contribution >= 4 is 17.5 Å². The Morgan fingerprint density at radius 1 is 1.30 bits per heavy atom. The van der Waals surface area contributed by atoms with Crippen LogP contribution < -0.4 is 10.1 Å². The summed E-state index contributed by atoms with van der Waals surface area (Å²) in [5.41, 5.74) is 0.860. The predicted octanol–water partition coefficient (Wildman–Crippen LogP) is 2.88. The van der Waals surface area contributed by atoms with Crippen molar-refractivity contribution in [1.29, 1.82) is 0 Å². The van der Waals surface area contributed by atoms with Gasteiger partial charge in [0, 0.05) is 29.7 Å². The summed E-state index contributed by atoms with van der Waals surface area (Å²) in [6.45, 7) is 2.83. The number of likely N-dealkylation sites (tertiary alicyclic amines) is 1. The van der Waals surface area contributed by atoms with Crippen molar-refractivity contribution in [2.45, 2.75) is 38.1 Å². The fraction of sp³-hybridized carbons (Fsp3) is 0.611. The maximum absolute atomic E-state index is 12.5. The van der Waals surface area contributed by atoms with E-state index in [1.165, 1.54) is 12.8 Å². The average molecular weight is 337 g/mol. The number of halogens is 1. The lowest BCUT2D eigenvalue weighted by Crippen LogP contribution is -2.45. The molecule has 1 aromatic rings. The van der Waals surface area contributed by atoms with Gasteiger partial charge in [-0.25, -0.2) is 0 Å². The Morgan fingerprint density at radius 3 is 2.70 bits per heavy atom. The molecule has 2 fully saturated rings. The number of hydrogen-bond acceptors (Lipinski definition) is 3. The van der Waals surface area contributed by atoms with Crippen LogP contribution in [0.5, 0.6) is 5.75 Å². The Morgan fingerprint density at radius 2 is 2.04 bits per heavy atom. The highest BCUT2D eigenvalue weighted by Crippen LogP contribution is 2.28. The van der Waals surface area contributed by atoms with Crippen LogP contribution in [0.3, 0.4) is 0 Å². The van der Waals surface area contributed by atoms with E-state index in [4.69, 9.17) is 16.3 Å². The second-order valence-electron chi connectivity index (χ2n) is 6.64. The molecule has 3 rings (SSSR count). The Balaban J connectivity index is 1.50. The average Bonchev–Trinajstić information content (AvgIpc) is 3.38. The number of hydrogen-bond donors (Lipinski definition) is 1. The van der Waals surface area contributed by atoms with Crippen molar-refractivity contribution in [3.63, 3.8) is 0 Å². The zero-order valence-electron chi connectivity index (χ0n) is 13.7. The van der Waals surface area contributed by atoms with Crippen molar-refractivity contribution in [3.8, 4) is 5.75 Å². The third-order valence-corrected chi connectivity index (χ3v) is 5.06. The number of rotatable bonds is 6. The number of nitrogens with one attached hydrogen (secondary N) is 1. The summed E-state index contributed by atoms with van der Waals surface area (Å²) < 4.78 is 5.33. The predicted molar refractivity (Wildman–Crippen MR) is 92.0 cm³/mol. The minimum Gasteiger partial charge on any atom is -0.496 e. The van der Waals surface area contributed by atoms with Crippen molar-refractivity contribution < 1.29 is 9.53 Å². The van der Waals surface area contributed by atoms with Crippen LogP contribution in [-0.4, -0.2) is 43.6 Å². The number of piperidine rings is 1. The van der Waals surface area contributed by atoms with Gasteiger partial charge in [0.1, 0.15) is 5.75 Å². The smallest absolute Gasteiger partial charge is 0.227 e. The number of methoxy groups -OCH3 is 1. The summed E-state index contributed by atoms with van der Waals surface area (Å²) in [6.07, 6.45) is 5.21. The maximum atomic E-state index is 12.5. The first-order chi connectivity index (χ1) is 11.2. The normalized spacial score (nSPS) is 19.0. The first-order valence-corrected chi connectivity index (χ1v) is 8.87. The van der Waals surface area contributed by atoms with Gasteiger partial charge in [-0.1, -0.05) is 11.6 Å². The van der Waals surface area contributed by atoms with Crippen LogP contribution in [0.25, 0.3) is 0 Å². The molecule has 0 atom stereocenters. The number of carbonyl (C=O) groups excluding carboxylic acids is 1. The van der Waals surface area contributed by atoms with E-state index in [1.807, 2.05) is 17.0 Å². The van der Waals surface area contributed by atoms with Gasteiger partial charge in [0.25, 0.3) is 0 Å². The lowest BCUT2D eigenvalue weighted by atomic mass is 10.0. The number of benzene rings is 1. The molecule has 1 amide bonds. The van der Waals surface area contributed by atoms with Gasteiger partial charge in [0.05, 0.1) is 13.5 Å². The van der Waals surface area contributed by atoms with E-state index in [-0.39, 0.29) is 5.91 Å². The Hall–Kier alpha value is -1.26. The molecule has 0 bridgehead atoms. The third-order valence-electron chi connectivity index (χ3n) is 4.82. The van der Waals surface area contributed by atoms with Gasteiger partial charge < -0.3 is 15.0 Å². The fourth-order valence-electron chi connectivity index (χ4n) is 3.15. The second-order valence-corrected chi connectivity index (χ2v) is 7.08. The summed E-state index contributed by atoms with van der Waals surface area (Å²) >= 11 is 6.04. The van der Waals surface area contributed by atoms with E-state index in [0.29, 0.717) is 17.5 Å². The van der Waals surface area contributed by atoms with Gasteiger partial charge in [0.15, 0.2) is 0 Å². The van der Waals surface area contributed by atoms with Gasteiger partial charge in [-0.2, -0.15) is 0 Å². The molecule has 0 unspecified atom stereocenters. The summed E-state index contributed by atoms with van der Waals surface area (Å²) in [5, 5.41) is 4.28. The van der Waals surface area contributed by atoms with Crippen LogP contribution in [-0.2, 0) is 11.2 Å². The molecule has 4 nitrogen and oxygen atoms in total. The molecule has 1 heterocycles. The zero-order valence-corrected chi connectivity index (χ0v) is 14.4. The van der Waals surface area contributed by atoms with Crippen molar-refractivity contribution in [1.82, 2.24) is 10.2 Å². The zero-order chi connectivity index (χ0) is 16.2. The number of ether oxygens (including phenoxy) is 1. The Kier molecular flexibility index (Phi) is 5.44. The van der Waals surface area contributed by atoms with Crippen LogP contribution in [0.1, 0.15) is 31.2 Å². The molecule has 126 valence electrons. The summed E-state index contributed by atoms with van der Waals surface area (Å²) in [5.74, 6) is 1.79. The lowest BCUT2D eigenvalue weighted by Gasteiger charge is -2.32. The van der Waals surface area contributed by atoms with E-state index >= 15 is 0 Å². The number of amides is 1. The SMILES string of the molecule is COc1ccc(Cl)cc1CC(=O)N1CCC(NCC2CC2)CC1. The molecule has 1 aromatic carbocycles. The van der Waals surface area contributed by atoms with Crippen LogP contribution >= 0.6 is 11.6 Å². The van der Waals surface area contributed by atoms with E-state index in [2.05, 4.69) is 5.32 Å². The second kappa shape index (κ2) is 7.54. The summed E-state index contributed by atoms with van der Waals surface area (Å²) in [7, 11) is 1.62. The summed E-state index contributed by atoms with van der Waals surface area (Å²) in [6, 6.07) is 5.99. The van der Waals surface area contributed by atoms with Gasteiger partial charge in [-0.05, 0) is 56.3 Å². The van der Waals surface area contributed by atoms with Crippen LogP contribution in [0.15, 0.2) is 18.2 Å². The largest absolute Gasteiger partial charge is 0.496 e. The molecular weight excluding hydrogens is 312 g/mol. The first-order valence-electron chi connectivity index (χ1n) is 8.49. The van der Waals surface area contributed by atoms with Crippen LogP contribution in [0.2, 0.25) is 5.02 Å². The Bertz CT molecular complexity index is 552. The third kappa shape index (κ3) is 4.61. The number of carbonyl (C=O) groups is 1. The van der Waals surface area contributed by atoms with E-state index in [9.17, 15) is 4.79 Å². The molecule has 5 heteroatoms. The fourth-order valence-corrected chi connectivity index (χ4v) is 3.34. The Labute approximate surface area is 143 Å². The molecule has 1 saturated carbocycles. The van der Waals surface area contributed by atoms with Gasteiger partial charge >= 0.3 is 0 Å². The topological polar surface area (TPSA) is 41.6 Å². The van der Waals surface area contributed by atoms with Gasteiger partial charge in [-0.3, -0.25) is 4.79 Å². The van der Waals surface area contributed by atoms with E-state index in [0.717, 1.165) is 49.7 Å². The molecule has 2 aliphatic rings. The van der Waals surface area contributed by atoms with Crippen LogP contribution in [0, 0.1) is 5.92 Å². The van der Waals surface area contributed by atoms with Crippen molar-refractivity contribution in [3.05, 3.63) is 28.8 Å². The molecule has 0 aromatic heterocycles. The first kappa shape index (κ1) is 16.6. The molecule has 23 heavy (non-hydrogen) atoms. The molecule has 1 aliphatic heterocycles. The molecule has 1 N–H and O–H groups in total. The van der Waals surface area contributed by atoms with Gasteiger partial charge in [-0.15, -0.1) is 0 Å². The minimum atomic E-state index is 0.159. The molecule has 0 spiro atoms. The molecule has 1 aliphatic carbocycles. The highest BCUT2D eigenvalue weighted by atomic mass is 35.5. The van der Waals surface area contributed by atoms with E-state index in [1.54, 1.807) is 13.2 Å². The summed E-state index contributed by atoms with van der Waals surface area (Å²) in [4.78, 5) is 14.5. The van der Waals surface area contributed by atoms with Gasteiger partial charge in [0.2, 0.25) is 5.91 Å². The monoisotopic (exact) mass is 336 g/mol. The molecular formula is C18H25ClN2O2. The highest BCUT2D eigenvalue weighted by Gasteiger charge is 2.26. The highest BCUT2D eigenvalue weighted by molar-refractivity contribution is 6.30. The van der Waals surface area contributed by atoms with E-state index < -0.39 is 0 Å². The minimum absolute atomic E-state index is 0.159. The quantitative estimate of drug-likeness (QED) is 0.868. The van der Waals surface area contributed by atoms with Crippen LogP contribution in [0.4, 0.5) is 0 Å². The lowest BCUT2D eigenvalue weighted by molar-refractivity contribution is -0.131. The molecule has 0 radical (unpaired) electrons. The number of nitrogens with zero attached hydrogens (tertiary/aromatic N) is 1. The standard InChI is InChI=1S/C18H25ClN2O2/c1-23-17-5-4-15(19)10-14(17)11-18(22)21-8-6-16(7-9-21)20-12-13-2-3-13/h4-5,10,13,16,20H,2-3,6-9,11-12H2,1H3.